The second kappa shape index (κ2) is 9.49. The number of thiophene rings is 1. The third kappa shape index (κ3) is 4.90. The van der Waals surface area contributed by atoms with Crippen LogP contribution in [-0.2, 0) is 18.1 Å². The maximum atomic E-state index is 15.8. The van der Waals surface area contributed by atoms with Gasteiger partial charge in [0.05, 0.1) is 12.7 Å². The number of nitrogens with zero attached hydrogens (tertiary/aromatic N) is 5. The molecule has 3 aromatic rings. The number of ether oxygens (including phenoxy) is 1. The zero-order valence-corrected chi connectivity index (χ0v) is 18.9. The number of nitrogens with one attached hydrogen (secondary N) is 1. The lowest BCUT2D eigenvalue weighted by atomic mass is 9.84. The summed E-state index contributed by atoms with van der Waals surface area (Å²) in [5.74, 6) is -6.28. The molecule has 1 aliphatic heterocycles. The summed E-state index contributed by atoms with van der Waals surface area (Å²) >= 11 is 1.23. The number of aromatic nitrogens is 1. The lowest BCUT2D eigenvalue weighted by Gasteiger charge is -2.38. The van der Waals surface area contributed by atoms with E-state index in [0.717, 1.165) is 40.6 Å². The van der Waals surface area contributed by atoms with Crippen molar-refractivity contribution in [2.75, 3.05) is 13.6 Å². The molecule has 13 heteroatoms. The third-order valence-electron chi connectivity index (χ3n) is 5.14. The number of hydrogen-bond acceptors (Lipinski definition) is 9. The van der Waals surface area contributed by atoms with Gasteiger partial charge in [0.1, 0.15) is 47.0 Å². The maximum Gasteiger partial charge on any atom is 0.323 e. The molecule has 0 bridgehead atoms. The van der Waals surface area contributed by atoms with Gasteiger partial charge >= 0.3 is 5.92 Å². The van der Waals surface area contributed by atoms with E-state index in [-0.39, 0.29) is 12.4 Å². The Balaban J connectivity index is 1.61. The highest BCUT2D eigenvalue weighted by molar-refractivity contribution is 7.12. The molecule has 35 heavy (non-hydrogen) atoms. The van der Waals surface area contributed by atoms with Crippen LogP contribution in [0.3, 0.4) is 0 Å². The molecule has 182 valence electrons. The normalized spacial score (nSPS) is 15.2. The number of hydrazine groups is 2. The molecule has 0 spiro atoms. The monoisotopic (exact) mass is 506 g/mol. The number of hydrazone groups is 1. The number of β-amino-alcohol motifs (C(OH)–C–C–N with tert-alkyl or cyclic N) is 1. The van der Waals surface area contributed by atoms with Crippen molar-refractivity contribution in [3.63, 3.8) is 0 Å². The largest absolute Gasteiger partial charge is 0.486 e. The van der Waals surface area contributed by atoms with Gasteiger partial charge < -0.3 is 9.84 Å². The summed E-state index contributed by atoms with van der Waals surface area (Å²) in [5.41, 5.74) is -2.27. The molecular formula is C22H18F4N6O2S. The number of rotatable bonds is 8. The van der Waals surface area contributed by atoms with Crippen LogP contribution in [0.5, 0.6) is 5.75 Å². The van der Waals surface area contributed by atoms with Crippen molar-refractivity contribution >= 4 is 17.7 Å². The van der Waals surface area contributed by atoms with Crippen LogP contribution >= 0.6 is 11.3 Å². The second-order valence-electron chi connectivity index (χ2n) is 7.59. The van der Waals surface area contributed by atoms with E-state index in [1.165, 1.54) is 29.6 Å². The smallest absolute Gasteiger partial charge is 0.323 e. The number of alkyl halides is 2. The molecule has 0 amide bonds. The van der Waals surface area contributed by atoms with E-state index in [2.05, 4.69) is 15.6 Å². The van der Waals surface area contributed by atoms with Gasteiger partial charge in [-0.05, 0) is 36.4 Å². The van der Waals surface area contributed by atoms with Crippen LogP contribution in [0.2, 0.25) is 0 Å². The summed E-state index contributed by atoms with van der Waals surface area (Å²) in [6.07, 6.45) is 2.18. The van der Waals surface area contributed by atoms with Crippen molar-refractivity contribution < 1.29 is 27.4 Å². The molecule has 3 heterocycles. The summed E-state index contributed by atoms with van der Waals surface area (Å²) in [4.78, 5) is 5.01. The van der Waals surface area contributed by atoms with Gasteiger partial charge in [-0.15, -0.1) is 22.0 Å². The van der Waals surface area contributed by atoms with Gasteiger partial charge in [-0.25, -0.2) is 13.9 Å². The first-order valence-corrected chi connectivity index (χ1v) is 10.9. The molecule has 1 unspecified atom stereocenters. The van der Waals surface area contributed by atoms with Gasteiger partial charge in [0.15, 0.2) is 5.60 Å². The van der Waals surface area contributed by atoms with E-state index < -0.39 is 41.0 Å². The quantitative estimate of drug-likeness (QED) is 0.452. The van der Waals surface area contributed by atoms with Crippen LogP contribution in [0, 0.1) is 23.0 Å². The number of hydrogen-bond donors (Lipinski definition) is 2. The first kappa shape index (κ1) is 24.4. The van der Waals surface area contributed by atoms with E-state index >= 15 is 8.78 Å². The molecule has 1 atom stereocenters. The number of halogens is 4. The molecule has 0 fully saturated rings. The lowest BCUT2D eigenvalue weighted by molar-refractivity contribution is -0.207. The van der Waals surface area contributed by atoms with Crippen molar-refractivity contribution in [2.24, 2.45) is 5.10 Å². The van der Waals surface area contributed by atoms with Crippen LogP contribution in [0.1, 0.15) is 21.0 Å². The average molecular weight is 506 g/mol. The van der Waals surface area contributed by atoms with Crippen LogP contribution in [-0.4, -0.2) is 40.1 Å². The van der Waals surface area contributed by atoms with E-state index in [1.807, 2.05) is 6.07 Å². The van der Waals surface area contributed by atoms with Crippen LogP contribution < -0.4 is 10.3 Å². The maximum absolute atomic E-state index is 15.8. The third-order valence-corrected chi connectivity index (χ3v) is 6.11. The Morgan fingerprint density at radius 3 is 2.60 bits per heavy atom. The van der Waals surface area contributed by atoms with E-state index in [1.54, 1.807) is 12.1 Å². The van der Waals surface area contributed by atoms with E-state index in [4.69, 9.17) is 10.00 Å². The number of nitriles is 1. The molecule has 4 rings (SSSR count). The summed E-state index contributed by atoms with van der Waals surface area (Å²) < 4.78 is 65.2. The SMILES string of the molecule is CN1N=CN(CC(O)(c2ccc(F)cc2F)C(F)(F)c2ccc(OCc3ccc(C#N)s3)cn2)N1. The van der Waals surface area contributed by atoms with Gasteiger partial charge in [0.25, 0.3) is 0 Å². The lowest BCUT2D eigenvalue weighted by Crippen LogP contribution is -2.55. The van der Waals surface area contributed by atoms with Crippen molar-refractivity contribution in [2.45, 2.75) is 18.1 Å². The van der Waals surface area contributed by atoms with Gasteiger partial charge in [-0.3, -0.25) is 9.99 Å². The minimum atomic E-state index is -4.13. The number of pyridine rings is 1. The molecule has 1 aromatic carbocycles. The minimum Gasteiger partial charge on any atom is -0.486 e. The standard InChI is InChI=1S/C22H18F4N6O2S/c1-31-29-13-32(30-31)12-21(33,18-6-2-14(23)8-19(18)24)22(25,26)20-7-3-15(10-28-20)34-11-17-5-4-16(9-27)35-17/h2-8,10,13,30,33H,11-12H2,1H3. The zero-order valence-electron chi connectivity index (χ0n) is 18.1. The van der Waals surface area contributed by atoms with Crippen LogP contribution in [0.4, 0.5) is 17.6 Å². The van der Waals surface area contributed by atoms with Gasteiger partial charge in [0, 0.05) is 23.6 Å². The Morgan fingerprint density at radius 1 is 1.20 bits per heavy atom. The first-order chi connectivity index (χ1) is 16.6. The number of aliphatic hydroxyl groups is 1. The first-order valence-electron chi connectivity index (χ1n) is 10.1. The van der Waals surface area contributed by atoms with Crippen LogP contribution in [0.25, 0.3) is 0 Å². The highest BCUT2D eigenvalue weighted by Crippen LogP contribution is 2.46. The summed E-state index contributed by atoms with van der Waals surface area (Å²) in [5, 5.41) is 26.2. The van der Waals surface area contributed by atoms with Gasteiger partial charge in [-0.2, -0.15) is 14.0 Å². The summed E-state index contributed by atoms with van der Waals surface area (Å²) in [6.45, 7) is -0.752. The van der Waals surface area contributed by atoms with Crippen molar-refractivity contribution in [3.8, 4) is 11.8 Å². The molecule has 0 saturated heterocycles. The Hall–Kier alpha value is -3.73. The van der Waals surface area contributed by atoms with Crippen molar-refractivity contribution in [1.29, 1.82) is 5.26 Å². The molecule has 2 N–H and O–H groups in total. The average Bonchev–Trinajstić information content (AvgIpc) is 3.46. The number of benzene rings is 1. The van der Waals surface area contributed by atoms with E-state index in [9.17, 15) is 13.9 Å². The molecule has 8 nitrogen and oxygen atoms in total. The Bertz CT molecular complexity index is 1280. The predicted molar refractivity (Wildman–Crippen MR) is 118 cm³/mol. The van der Waals surface area contributed by atoms with Crippen LogP contribution in [0.15, 0.2) is 53.8 Å². The molecule has 0 aliphatic carbocycles. The van der Waals surface area contributed by atoms with Crippen molar-refractivity contribution in [3.05, 3.63) is 81.3 Å². The van der Waals surface area contributed by atoms with Gasteiger partial charge in [0.2, 0.25) is 0 Å². The highest BCUT2D eigenvalue weighted by Gasteiger charge is 2.58. The predicted octanol–water partition coefficient (Wildman–Crippen LogP) is 3.46. The summed E-state index contributed by atoms with van der Waals surface area (Å²) in [6, 6.07) is 9.51. The molecule has 0 radical (unpaired) electrons. The molecule has 1 aliphatic rings. The fraction of sp³-hybridized carbons (Fsp3) is 0.227. The topological polar surface area (TPSA) is 97.0 Å². The fourth-order valence-corrected chi connectivity index (χ4v) is 4.13. The second-order valence-corrected chi connectivity index (χ2v) is 8.76. The van der Waals surface area contributed by atoms with E-state index in [0.29, 0.717) is 10.9 Å². The molecule has 0 saturated carbocycles. The molecule has 2 aromatic heterocycles. The Labute approximate surface area is 201 Å². The van der Waals surface area contributed by atoms with Crippen molar-refractivity contribution in [1.82, 2.24) is 20.6 Å². The Morgan fingerprint density at radius 2 is 2.00 bits per heavy atom. The Kier molecular flexibility index (Phi) is 6.62. The molecular weight excluding hydrogens is 488 g/mol. The summed E-state index contributed by atoms with van der Waals surface area (Å²) in [7, 11) is 1.49. The fourth-order valence-electron chi connectivity index (χ4n) is 3.41. The zero-order chi connectivity index (χ0) is 25.2. The van der Waals surface area contributed by atoms with Gasteiger partial charge in [-0.1, -0.05) is 0 Å². The highest BCUT2D eigenvalue weighted by atomic mass is 32.1. The minimum absolute atomic E-state index is 0.0992.